The molecule has 1 N–H and O–H groups in total. The summed E-state index contributed by atoms with van der Waals surface area (Å²) in [5.41, 5.74) is 0.638. The SMILES string of the molecule is COc1cccc(/C=N\OCC(=O)N[C@H]2CCS(=O)(=O)C2)c1OC. The van der Waals surface area contributed by atoms with Crippen LogP contribution < -0.4 is 14.8 Å². The first-order valence-corrected chi connectivity index (χ1v) is 9.13. The highest BCUT2D eigenvalue weighted by Crippen LogP contribution is 2.29. The molecule has 1 aromatic carbocycles. The van der Waals surface area contributed by atoms with E-state index in [1.807, 2.05) is 0 Å². The summed E-state index contributed by atoms with van der Waals surface area (Å²) < 4.78 is 33.1. The average Bonchev–Trinajstić information content (AvgIpc) is 2.89. The zero-order chi connectivity index (χ0) is 17.6. The maximum absolute atomic E-state index is 11.7. The van der Waals surface area contributed by atoms with Crippen molar-refractivity contribution in [2.75, 3.05) is 32.3 Å². The molecular weight excluding hydrogens is 336 g/mol. The molecule has 0 aliphatic carbocycles. The molecular formula is C15H20N2O6S. The first-order valence-electron chi connectivity index (χ1n) is 7.31. The van der Waals surface area contributed by atoms with Crippen molar-refractivity contribution in [2.45, 2.75) is 12.5 Å². The molecule has 1 saturated heterocycles. The van der Waals surface area contributed by atoms with Crippen molar-refractivity contribution in [3.63, 3.8) is 0 Å². The van der Waals surface area contributed by atoms with Crippen LogP contribution in [0.1, 0.15) is 12.0 Å². The standard InChI is InChI=1S/C15H20N2O6S/c1-21-13-5-3-4-11(15(13)22-2)8-16-23-9-14(18)17-12-6-7-24(19,20)10-12/h3-5,8,12H,6-7,9-10H2,1-2H3,(H,17,18)/b16-8-/t12-/m0/s1. The van der Waals surface area contributed by atoms with E-state index in [4.69, 9.17) is 14.3 Å². The zero-order valence-corrected chi connectivity index (χ0v) is 14.3. The number of amides is 1. The number of para-hydroxylation sites is 1. The van der Waals surface area contributed by atoms with Crippen LogP contribution in [0, 0.1) is 0 Å². The smallest absolute Gasteiger partial charge is 0.261 e. The van der Waals surface area contributed by atoms with E-state index in [0.717, 1.165) is 0 Å². The van der Waals surface area contributed by atoms with E-state index in [1.165, 1.54) is 20.4 Å². The molecule has 0 spiro atoms. The van der Waals surface area contributed by atoms with Gasteiger partial charge in [0.25, 0.3) is 5.91 Å². The number of methoxy groups -OCH3 is 2. The second kappa shape index (κ2) is 8.00. The van der Waals surface area contributed by atoms with Gasteiger partial charge in [-0.15, -0.1) is 0 Å². The predicted octanol–water partition coefficient (Wildman–Crippen LogP) is 0.358. The number of carbonyl (C=O) groups excluding carboxylic acids is 1. The molecule has 8 nitrogen and oxygen atoms in total. The Hall–Kier alpha value is -2.29. The van der Waals surface area contributed by atoms with Crippen LogP contribution >= 0.6 is 0 Å². The van der Waals surface area contributed by atoms with Crippen LogP contribution in [0.25, 0.3) is 0 Å². The maximum Gasteiger partial charge on any atom is 0.261 e. The monoisotopic (exact) mass is 356 g/mol. The Morgan fingerprint density at radius 2 is 2.17 bits per heavy atom. The maximum atomic E-state index is 11.7. The van der Waals surface area contributed by atoms with Crippen molar-refractivity contribution >= 4 is 22.0 Å². The predicted molar refractivity (Wildman–Crippen MR) is 88.3 cm³/mol. The second-order valence-corrected chi connectivity index (χ2v) is 7.49. The van der Waals surface area contributed by atoms with E-state index in [0.29, 0.717) is 23.5 Å². The van der Waals surface area contributed by atoms with E-state index in [-0.39, 0.29) is 24.2 Å². The van der Waals surface area contributed by atoms with Crippen molar-refractivity contribution in [3.8, 4) is 11.5 Å². The number of rotatable bonds is 7. The van der Waals surface area contributed by atoms with E-state index < -0.39 is 15.7 Å². The minimum absolute atomic E-state index is 0.0248. The van der Waals surface area contributed by atoms with Gasteiger partial charge in [-0.1, -0.05) is 11.2 Å². The van der Waals surface area contributed by atoms with Gasteiger partial charge >= 0.3 is 0 Å². The molecule has 1 amide bonds. The number of carbonyl (C=O) groups is 1. The summed E-state index contributed by atoms with van der Waals surface area (Å²) in [7, 11) is 0.0161. The first kappa shape index (κ1) is 18.1. The van der Waals surface area contributed by atoms with E-state index in [1.54, 1.807) is 18.2 Å². The Morgan fingerprint density at radius 1 is 1.38 bits per heavy atom. The molecule has 0 radical (unpaired) electrons. The van der Waals surface area contributed by atoms with Gasteiger partial charge in [-0.2, -0.15) is 0 Å². The second-order valence-electron chi connectivity index (χ2n) is 5.26. The minimum Gasteiger partial charge on any atom is -0.493 e. The van der Waals surface area contributed by atoms with Gasteiger partial charge < -0.3 is 19.6 Å². The summed E-state index contributed by atoms with van der Waals surface area (Å²) in [6, 6.07) is 4.93. The third-order valence-corrected chi connectivity index (χ3v) is 5.26. The zero-order valence-electron chi connectivity index (χ0n) is 13.5. The molecule has 1 atom stereocenters. The lowest BCUT2D eigenvalue weighted by Crippen LogP contribution is -2.37. The lowest BCUT2D eigenvalue weighted by atomic mass is 10.2. The highest BCUT2D eigenvalue weighted by atomic mass is 32.2. The van der Waals surface area contributed by atoms with E-state index in [9.17, 15) is 13.2 Å². The Bertz CT molecular complexity index is 717. The van der Waals surface area contributed by atoms with Crippen LogP contribution in [0.2, 0.25) is 0 Å². The Balaban J connectivity index is 1.83. The van der Waals surface area contributed by atoms with Crippen molar-refractivity contribution < 1.29 is 27.5 Å². The van der Waals surface area contributed by atoms with Gasteiger partial charge in [0.2, 0.25) is 0 Å². The summed E-state index contributed by atoms with van der Waals surface area (Å²) in [6.07, 6.45) is 1.84. The summed E-state index contributed by atoms with van der Waals surface area (Å²) in [6.45, 7) is -0.292. The number of nitrogens with zero attached hydrogens (tertiary/aromatic N) is 1. The molecule has 9 heteroatoms. The van der Waals surface area contributed by atoms with Crippen LogP contribution in [0.3, 0.4) is 0 Å². The molecule has 24 heavy (non-hydrogen) atoms. The summed E-state index contributed by atoms with van der Waals surface area (Å²) >= 11 is 0. The molecule has 1 aliphatic heterocycles. The fraction of sp³-hybridized carbons (Fsp3) is 0.467. The van der Waals surface area contributed by atoms with Gasteiger partial charge in [0.15, 0.2) is 27.9 Å². The van der Waals surface area contributed by atoms with Crippen LogP contribution in [0.5, 0.6) is 11.5 Å². The summed E-state index contributed by atoms with van der Waals surface area (Å²) in [5, 5.41) is 6.34. The number of ether oxygens (including phenoxy) is 2. The van der Waals surface area contributed by atoms with Gasteiger partial charge in [-0.3, -0.25) is 4.79 Å². The largest absolute Gasteiger partial charge is 0.493 e. The molecule has 1 heterocycles. The van der Waals surface area contributed by atoms with Crippen molar-refractivity contribution in [2.24, 2.45) is 5.16 Å². The van der Waals surface area contributed by atoms with Crippen LogP contribution in [-0.2, 0) is 19.5 Å². The molecule has 1 fully saturated rings. The van der Waals surface area contributed by atoms with Crippen molar-refractivity contribution in [1.82, 2.24) is 5.32 Å². The molecule has 2 rings (SSSR count). The average molecular weight is 356 g/mol. The molecule has 0 unspecified atom stereocenters. The summed E-state index contributed by atoms with van der Waals surface area (Å²) in [4.78, 5) is 16.6. The molecule has 0 saturated carbocycles. The third kappa shape index (κ3) is 4.85. The topological polar surface area (TPSA) is 103 Å². The van der Waals surface area contributed by atoms with Gasteiger partial charge in [0.05, 0.1) is 31.9 Å². The van der Waals surface area contributed by atoms with Crippen LogP contribution in [0.4, 0.5) is 0 Å². The highest BCUT2D eigenvalue weighted by molar-refractivity contribution is 7.91. The summed E-state index contributed by atoms with van der Waals surface area (Å²) in [5.74, 6) is 0.733. The fourth-order valence-corrected chi connectivity index (χ4v) is 4.06. The van der Waals surface area contributed by atoms with E-state index in [2.05, 4.69) is 10.5 Å². The van der Waals surface area contributed by atoms with Crippen molar-refractivity contribution in [3.05, 3.63) is 23.8 Å². The molecule has 0 bridgehead atoms. The Labute approximate surface area is 140 Å². The first-order chi connectivity index (χ1) is 11.4. The van der Waals surface area contributed by atoms with Gasteiger partial charge in [0, 0.05) is 11.6 Å². The normalized spacial score (nSPS) is 19.2. The number of hydrogen-bond donors (Lipinski definition) is 1. The van der Waals surface area contributed by atoms with Crippen molar-refractivity contribution in [1.29, 1.82) is 0 Å². The van der Waals surface area contributed by atoms with E-state index >= 15 is 0 Å². The van der Waals surface area contributed by atoms with Crippen LogP contribution in [-0.4, -0.2) is 58.9 Å². The van der Waals surface area contributed by atoms with Gasteiger partial charge in [-0.05, 0) is 18.6 Å². The van der Waals surface area contributed by atoms with Gasteiger partial charge in [-0.25, -0.2) is 8.42 Å². The van der Waals surface area contributed by atoms with Crippen LogP contribution in [0.15, 0.2) is 23.4 Å². The highest BCUT2D eigenvalue weighted by Gasteiger charge is 2.28. The number of hydrogen-bond acceptors (Lipinski definition) is 7. The number of oxime groups is 1. The number of nitrogens with one attached hydrogen (secondary N) is 1. The number of benzene rings is 1. The fourth-order valence-electron chi connectivity index (χ4n) is 2.38. The van der Waals surface area contributed by atoms with Gasteiger partial charge in [0.1, 0.15) is 0 Å². The Kier molecular flexibility index (Phi) is 6.02. The molecule has 1 aliphatic rings. The Morgan fingerprint density at radius 3 is 2.79 bits per heavy atom. The quantitative estimate of drug-likeness (QED) is 0.559. The molecule has 132 valence electrons. The third-order valence-electron chi connectivity index (χ3n) is 3.49. The molecule has 0 aromatic heterocycles. The minimum atomic E-state index is -3.03. The lowest BCUT2D eigenvalue weighted by molar-refractivity contribution is -0.126. The lowest BCUT2D eigenvalue weighted by Gasteiger charge is -2.10. The molecule has 1 aromatic rings. The number of sulfone groups is 1.